The maximum absolute atomic E-state index is 10.7. The standard InChI is InChI=1S/C7H11NO2.C2H6/c1-5(9)7-3-8(4-7)6(2)10;1-2/h7H,3-4H2,1-2H3;1-2H3. The Morgan fingerprint density at radius 2 is 1.58 bits per heavy atom. The van der Waals surface area contributed by atoms with E-state index < -0.39 is 0 Å². The Hall–Kier alpha value is -0.860. The van der Waals surface area contributed by atoms with Gasteiger partial charge in [0.1, 0.15) is 5.78 Å². The van der Waals surface area contributed by atoms with Gasteiger partial charge in [0.15, 0.2) is 0 Å². The van der Waals surface area contributed by atoms with Gasteiger partial charge in [0.2, 0.25) is 5.91 Å². The van der Waals surface area contributed by atoms with Gasteiger partial charge in [-0.15, -0.1) is 0 Å². The van der Waals surface area contributed by atoms with Gasteiger partial charge in [-0.2, -0.15) is 0 Å². The van der Waals surface area contributed by atoms with E-state index in [4.69, 9.17) is 0 Å². The maximum atomic E-state index is 10.7. The molecule has 0 aromatic heterocycles. The highest BCUT2D eigenvalue weighted by molar-refractivity contribution is 5.83. The molecule has 0 aromatic rings. The molecule has 0 unspecified atom stereocenters. The van der Waals surface area contributed by atoms with E-state index in [-0.39, 0.29) is 17.6 Å². The van der Waals surface area contributed by atoms with Crippen LogP contribution in [-0.2, 0) is 9.59 Å². The van der Waals surface area contributed by atoms with Gasteiger partial charge in [-0.3, -0.25) is 9.59 Å². The molecule has 0 aromatic carbocycles. The van der Waals surface area contributed by atoms with E-state index in [1.165, 1.54) is 6.92 Å². The lowest BCUT2D eigenvalue weighted by Crippen LogP contribution is -2.51. The lowest BCUT2D eigenvalue weighted by molar-refractivity contribution is -0.139. The van der Waals surface area contributed by atoms with Crippen LogP contribution in [-0.4, -0.2) is 29.7 Å². The molecule has 1 saturated heterocycles. The fourth-order valence-electron chi connectivity index (χ4n) is 0.993. The summed E-state index contributed by atoms with van der Waals surface area (Å²) in [6, 6.07) is 0. The monoisotopic (exact) mass is 171 g/mol. The summed E-state index contributed by atoms with van der Waals surface area (Å²) in [5, 5.41) is 0. The second kappa shape index (κ2) is 4.91. The summed E-state index contributed by atoms with van der Waals surface area (Å²) >= 11 is 0. The summed E-state index contributed by atoms with van der Waals surface area (Å²) in [7, 11) is 0. The molecule has 1 rings (SSSR count). The SMILES string of the molecule is CC.CC(=O)C1CN(C(C)=O)C1. The molecule has 1 aliphatic rings. The lowest BCUT2D eigenvalue weighted by Gasteiger charge is -2.36. The van der Waals surface area contributed by atoms with Crippen LogP contribution >= 0.6 is 0 Å². The van der Waals surface area contributed by atoms with Crippen molar-refractivity contribution >= 4 is 11.7 Å². The molecule has 1 aliphatic heterocycles. The highest BCUT2D eigenvalue weighted by atomic mass is 16.2. The minimum absolute atomic E-state index is 0.0671. The van der Waals surface area contributed by atoms with Gasteiger partial charge in [0.25, 0.3) is 0 Å². The molecule has 0 saturated carbocycles. The number of ketones is 1. The molecule has 1 heterocycles. The average molecular weight is 171 g/mol. The molecule has 0 atom stereocenters. The van der Waals surface area contributed by atoms with Crippen LogP contribution in [0.2, 0.25) is 0 Å². The number of nitrogens with zero attached hydrogens (tertiary/aromatic N) is 1. The first-order chi connectivity index (χ1) is 5.61. The van der Waals surface area contributed by atoms with Crippen LogP contribution in [0.4, 0.5) is 0 Å². The molecule has 0 aliphatic carbocycles. The Kier molecular flexibility index (Phi) is 4.55. The first-order valence-corrected chi connectivity index (χ1v) is 4.37. The minimum Gasteiger partial charge on any atom is -0.341 e. The van der Waals surface area contributed by atoms with Crippen molar-refractivity contribution in [3.63, 3.8) is 0 Å². The molecule has 12 heavy (non-hydrogen) atoms. The number of rotatable bonds is 1. The summed E-state index contributed by atoms with van der Waals surface area (Å²) < 4.78 is 0. The normalized spacial score (nSPS) is 15.8. The number of carbonyl (C=O) groups excluding carboxylic acids is 2. The Labute approximate surface area is 73.7 Å². The quantitative estimate of drug-likeness (QED) is 0.592. The Morgan fingerprint density at radius 3 is 1.83 bits per heavy atom. The molecule has 3 nitrogen and oxygen atoms in total. The van der Waals surface area contributed by atoms with E-state index in [1.54, 1.807) is 11.8 Å². The predicted octanol–water partition coefficient (Wildman–Crippen LogP) is 1.08. The first kappa shape index (κ1) is 11.1. The summed E-state index contributed by atoms with van der Waals surface area (Å²) in [5.41, 5.74) is 0. The zero-order valence-electron chi connectivity index (χ0n) is 8.26. The largest absolute Gasteiger partial charge is 0.341 e. The second-order valence-electron chi connectivity index (χ2n) is 2.73. The third-order valence-electron chi connectivity index (χ3n) is 1.90. The van der Waals surface area contributed by atoms with Crippen molar-refractivity contribution in [2.75, 3.05) is 13.1 Å². The Morgan fingerprint density at radius 1 is 1.17 bits per heavy atom. The van der Waals surface area contributed by atoms with Crippen molar-refractivity contribution in [2.24, 2.45) is 5.92 Å². The average Bonchev–Trinajstić information content (AvgIpc) is 1.86. The van der Waals surface area contributed by atoms with E-state index in [0.29, 0.717) is 13.1 Å². The van der Waals surface area contributed by atoms with Gasteiger partial charge in [-0.1, -0.05) is 13.8 Å². The summed E-state index contributed by atoms with van der Waals surface area (Å²) in [6.07, 6.45) is 0. The highest BCUT2D eigenvalue weighted by Crippen LogP contribution is 2.15. The van der Waals surface area contributed by atoms with Crippen molar-refractivity contribution < 1.29 is 9.59 Å². The molecule has 1 fully saturated rings. The summed E-state index contributed by atoms with van der Waals surface area (Å²) in [4.78, 5) is 22.9. The van der Waals surface area contributed by atoms with Gasteiger partial charge in [-0.05, 0) is 6.92 Å². The zero-order valence-corrected chi connectivity index (χ0v) is 8.26. The van der Waals surface area contributed by atoms with E-state index >= 15 is 0 Å². The van der Waals surface area contributed by atoms with Crippen molar-refractivity contribution in [3.05, 3.63) is 0 Å². The predicted molar refractivity (Wildman–Crippen MR) is 47.8 cm³/mol. The number of amides is 1. The molecule has 0 spiro atoms. The highest BCUT2D eigenvalue weighted by Gasteiger charge is 2.31. The third kappa shape index (κ3) is 2.64. The minimum atomic E-state index is 0.0671. The van der Waals surface area contributed by atoms with Crippen LogP contribution < -0.4 is 0 Å². The molecule has 0 N–H and O–H groups in total. The molecule has 3 heteroatoms. The molecular formula is C9H17NO2. The van der Waals surface area contributed by atoms with Crippen LogP contribution in [0.1, 0.15) is 27.7 Å². The molecule has 1 amide bonds. The van der Waals surface area contributed by atoms with Crippen LogP contribution in [0, 0.1) is 5.92 Å². The second-order valence-corrected chi connectivity index (χ2v) is 2.73. The van der Waals surface area contributed by atoms with Gasteiger partial charge >= 0.3 is 0 Å². The maximum Gasteiger partial charge on any atom is 0.219 e. The molecule has 0 bridgehead atoms. The van der Waals surface area contributed by atoms with Crippen LogP contribution in [0.3, 0.4) is 0 Å². The van der Waals surface area contributed by atoms with Crippen molar-refractivity contribution in [3.8, 4) is 0 Å². The third-order valence-corrected chi connectivity index (χ3v) is 1.90. The number of hydrogen-bond donors (Lipinski definition) is 0. The summed E-state index contributed by atoms with van der Waals surface area (Å²) in [5.74, 6) is 0.374. The number of likely N-dealkylation sites (tertiary alicyclic amines) is 1. The van der Waals surface area contributed by atoms with Gasteiger partial charge in [0, 0.05) is 20.0 Å². The van der Waals surface area contributed by atoms with E-state index in [9.17, 15) is 9.59 Å². The van der Waals surface area contributed by atoms with Crippen LogP contribution in [0.5, 0.6) is 0 Å². The van der Waals surface area contributed by atoms with Gasteiger partial charge < -0.3 is 4.90 Å². The fraction of sp³-hybridized carbons (Fsp3) is 0.778. The smallest absolute Gasteiger partial charge is 0.219 e. The zero-order chi connectivity index (χ0) is 9.72. The van der Waals surface area contributed by atoms with Crippen LogP contribution in [0.25, 0.3) is 0 Å². The van der Waals surface area contributed by atoms with Gasteiger partial charge in [0.05, 0.1) is 5.92 Å². The Bertz CT molecular complexity index is 153. The van der Waals surface area contributed by atoms with Gasteiger partial charge in [-0.25, -0.2) is 0 Å². The van der Waals surface area contributed by atoms with Crippen molar-refractivity contribution in [1.29, 1.82) is 0 Å². The number of Topliss-reactive ketones (excluding diaryl/α,β-unsaturated/α-hetero) is 1. The van der Waals surface area contributed by atoms with Crippen molar-refractivity contribution in [2.45, 2.75) is 27.7 Å². The fourth-order valence-corrected chi connectivity index (χ4v) is 0.993. The first-order valence-electron chi connectivity index (χ1n) is 4.37. The number of hydrogen-bond acceptors (Lipinski definition) is 2. The van der Waals surface area contributed by atoms with Crippen LogP contribution in [0.15, 0.2) is 0 Å². The van der Waals surface area contributed by atoms with E-state index in [1.807, 2.05) is 13.8 Å². The summed E-state index contributed by atoms with van der Waals surface area (Å²) in [6.45, 7) is 8.35. The van der Waals surface area contributed by atoms with Crippen molar-refractivity contribution in [1.82, 2.24) is 4.90 Å². The lowest BCUT2D eigenvalue weighted by atomic mass is 9.96. The van der Waals surface area contributed by atoms with E-state index in [2.05, 4.69) is 0 Å². The topological polar surface area (TPSA) is 37.4 Å². The Balaban J connectivity index is 0.000000561. The number of carbonyl (C=O) groups is 2. The molecule has 0 radical (unpaired) electrons. The van der Waals surface area contributed by atoms with E-state index in [0.717, 1.165) is 0 Å². The molecular weight excluding hydrogens is 154 g/mol. The molecule has 70 valence electrons.